The molecule has 1 heterocycles. The molecule has 0 aromatic heterocycles. The Morgan fingerprint density at radius 2 is 1.66 bits per heavy atom. The number of nitrogens with zero attached hydrogens (tertiary/aromatic N) is 1. The molecule has 0 saturated carbocycles. The molecule has 1 N–H and O–H groups in total. The molecule has 41 heavy (non-hydrogen) atoms. The Morgan fingerprint density at radius 1 is 0.902 bits per heavy atom. The van der Waals surface area contributed by atoms with Crippen LogP contribution in [0.25, 0.3) is 11.1 Å². The van der Waals surface area contributed by atoms with Crippen molar-refractivity contribution in [1.29, 1.82) is 0 Å². The van der Waals surface area contributed by atoms with Gasteiger partial charge in [-0.25, -0.2) is 4.79 Å². The number of nitrogens with one attached hydrogen (secondary N) is 1. The van der Waals surface area contributed by atoms with Crippen molar-refractivity contribution < 1.29 is 14.3 Å². The van der Waals surface area contributed by atoms with Gasteiger partial charge in [-0.1, -0.05) is 66.7 Å². The molecule has 4 aromatic rings. The quantitative estimate of drug-likeness (QED) is 0.241. The van der Waals surface area contributed by atoms with E-state index in [4.69, 9.17) is 4.74 Å². The second kappa shape index (κ2) is 12.0. The number of amides is 1. The van der Waals surface area contributed by atoms with E-state index in [1.165, 1.54) is 11.3 Å². The van der Waals surface area contributed by atoms with Gasteiger partial charge in [0, 0.05) is 24.3 Å². The van der Waals surface area contributed by atoms with Crippen LogP contribution in [0.15, 0.2) is 97.1 Å². The maximum Gasteiger partial charge on any atom is 0.339 e. The summed E-state index contributed by atoms with van der Waals surface area (Å²) in [6, 6.07) is 32.0. The van der Waals surface area contributed by atoms with Gasteiger partial charge in [0.15, 0.2) is 0 Å². The second-order valence-electron chi connectivity index (χ2n) is 11.7. The number of aryl methyl sites for hydroxylation is 1. The molecule has 0 saturated heterocycles. The first-order chi connectivity index (χ1) is 19.7. The minimum atomic E-state index is -0.561. The molecule has 0 fully saturated rings. The van der Waals surface area contributed by atoms with Crippen molar-refractivity contribution in [2.75, 3.05) is 11.4 Å². The van der Waals surface area contributed by atoms with Crippen LogP contribution in [0.5, 0.6) is 0 Å². The maximum absolute atomic E-state index is 13.1. The third-order valence-corrected chi connectivity index (χ3v) is 7.36. The molecular weight excluding hydrogens is 508 g/mol. The topological polar surface area (TPSA) is 58.6 Å². The highest BCUT2D eigenvalue weighted by molar-refractivity contribution is 5.97. The van der Waals surface area contributed by atoms with Crippen LogP contribution in [0.4, 0.5) is 5.69 Å². The van der Waals surface area contributed by atoms with E-state index in [0.717, 1.165) is 48.2 Å². The van der Waals surface area contributed by atoms with Crippen LogP contribution < -0.4 is 10.2 Å². The smallest absolute Gasteiger partial charge is 0.339 e. The summed E-state index contributed by atoms with van der Waals surface area (Å²) < 4.78 is 5.67. The van der Waals surface area contributed by atoms with Gasteiger partial charge < -0.3 is 15.0 Å². The lowest BCUT2D eigenvalue weighted by Crippen LogP contribution is -2.30. The lowest BCUT2D eigenvalue weighted by molar-refractivity contribution is 0.00703. The molecule has 5 rings (SSSR count). The summed E-state index contributed by atoms with van der Waals surface area (Å²) in [7, 11) is 0. The predicted octanol–water partition coefficient (Wildman–Crippen LogP) is 7.75. The monoisotopic (exact) mass is 546 g/mol. The van der Waals surface area contributed by atoms with Crippen molar-refractivity contribution in [2.24, 2.45) is 0 Å². The summed E-state index contributed by atoms with van der Waals surface area (Å²) >= 11 is 0. The van der Waals surface area contributed by atoms with E-state index >= 15 is 0 Å². The third kappa shape index (κ3) is 6.86. The first-order valence-corrected chi connectivity index (χ1v) is 14.3. The largest absolute Gasteiger partial charge is 0.456 e. The molecule has 5 nitrogen and oxygen atoms in total. The molecule has 0 radical (unpaired) electrons. The van der Waals surface area contributed by atoms with Crippen molar-refractivity contribution >= 4 is 17.6 Å². The molecule has 0 aliphatic carbocycles. The van der Waals surface area contributed by atoms with Gasteiger partial charge in [-0.05, 0) is 98.7 Å². The number of esters is 1. The van der Waals surface area contributed by atoms with Gasteiger partial charge >= 0.3 is 5.97 Å². The molecule has 0 spiro atoms. The van der Waals surface area contributed by atoms with Crippen molar-refractivity contribution in [2.45, 2.75) is 58.7 Å². The molecule has 0 bridgehead atoms. The number of anilines is 1. The Balaban J connectivity index is 1.33. The Morgan fingerprint density at radius 3 is 2.44 bits per heavy atom. The summed E-state index contributed by atoms with van der Waals surface area (Å²) in [5.74, 6) is -0.376. The van der Waals surface area contributed by atoms with E-state index in [-0.39, 0.29) is 17.9 Å². The van der Waals surface area contributed by atoms with Crippen molar-refractivity contribution in [3.63, 3.8) is 0 Å². The SMILES string of the molecule is CC(NC(=O)c1ccc2c(c1)CCCN2Cc1cccc(-c2ccccc2C(=O)OC(C)(C)C)c1)c1ccccc1. The second-order valence-corrected chi connectivity index (χ2v) is 11.7. The zero-order chi connectivity index (χ0) is 29.0. The normalized spacial score (nSPS) is 13.7. The average Bonchev–Trinajstić information content (AvgIpc) is 2.97. The Kier molecular flexibility index (Phi) is 8.25. The Hall–Kier alpha value is -4.38. The van der Waals surface area contributed by atoms with Crippen LogP contribution in [-0.2, 0) is 17.7 Å². The summed E-state index contributed by atoms with van der Waals surface area (Å²) in [5.41, 5.74) is 7.15. The zero-order valence-corrected chi connectivity index (χ0v) is 24.3. The minimum absolute atomic E-state index is 0.0577. The molecule has 210 valence electrons. The van der Waals surface area contributed by atoms with Crippen LogP contribution in [0, 0.1) is 0 Å². The molecule has 1 atom stereocenters. The summed E-state index contributed by atoms with van der Waals surface area (Å²) in [4.78, 5) is 28.4. The number of benzene rings is 4. The number of carbonyl (C=O) groups excluding carboxylic acids is 2. The average molecular weight is 547 g/mol. The summed E-state index contributed by atoms with van der Waals surface area (Å²) in [6.07, 6.45) is 1.98. The molecule has 1 unspecified atom stereocenters. The van der Waals surface area contributed by atoms with E-state index in [2.05, 4.69) is 28.4 Å². The number of fused-ring (bicyclic) bond motifs is 1. The lowest BCUT2D eigenvalue weighted by atomic mass is 9.96. The van der Waals surface area contributed by atoms with E-state index in [1.54, 1.807) is 0 Å². The number of hydrogen-bond donors (Lipinski definition) is 1. The van der Waals surface area contributed by atoms with Crippen molar-refractivity contribution in [3.05, 3.63) is 125 Å². The number of ether oxygens (including phenoxy) is 1. The lowest BCUT2D eigenvalue weighted by Gasteiger charge is -2.32. The van der Waals surface area contributed by atoms with Gasteiger partial charge in [0.05, 0.1) is 11.6 Å². The first-order valence-electron chi connectivity index (χ1n) is 14.3. The first kappa shape index (κ1) is 28.2. The Bertz CT molecular complexity index is 1540. The third-order valence-electron chi connectivity index (χ3n) is 7.36. The summed E-state index contributed by atoms with van der Waals surface area (Å²) in [6.45, 7) is 9.34. The van der Waals surface area contributed by atoms with Crippen LogP contribution in [-0.4, -0.2) is 24.0 Å². The minimum Gasteiger partial charge on any atom is -0.456 e. The molecule has 4 aromatic carbocycles. The number of hydrogen-bond acceptors (Lipinski definition) is 4. The molecule has 1 aliphatic heterocycles. The van der Waals surface area contributed by atoms with Crippen LogP contribution >= 0.6 is 0 Å². The number of carbonyl (C=O) groups is 2. The highest BCUT2D eigenvalue weighted by Crippen LogP contribution is 2.31. The van der Waals surface area contributed by atoms with E-state index < -0.39 is 5.60 Å². The van der Waals surface area contributed by atoms with Gasteiger partial charge in [-0.15, -0.1) is 0 Å². The number of rotatable bonds is 7. The summed E-state index contributed by atoms with van der Waals surface area (Å²) in [5, 5.41) is 3.13. The molecule has 1 aliphatic rings. The fourth-order valence-electron chi connectivity index (χ4n) is 5.39. The van der Waals surface area contributed by atoms with Gasteiger partial charge in [0.25, 0.3) is 5.91 Å². The fraction of sp³-hybridized carbons (Fsp3) is 0.278. The highest BCUT2D eigenvalue weighted by Gasteiger charge is 2.22. The van der Waals surface area contributed by atoms with Gasteiger partial charge in [0.1, 0.15) is 5.60 Å². The van der Waals surface area contributed by atoms with Crippen molar-refractivity contribution in [1.82, 2.24) is 5.32 Å². The Labute approximate surface area is 243 Å². The van der Waals surface area contributed by atoms with Crippen LogP contribution in [0.1, 0.15) is 77.6 Å². The van der Waals surface area contributed by atoms with Crippen molar-refractivity contribution in [3.8, 4) is 11.1 Å². The van der Waals surface area contributed by atoms with E-state index in [0.29, 0.717) is 11.1 Å². The van der Waals surface area contributed by atoms with Crippen LogP contribution in [0.2, 0.25) is 0 Å². The fourth-order valence-corrected chi connectivity index (χ4v) is 5.39. The molecular formula is C36H38N2O3. The zero-order valence-electron chi connectivity index (χ0n) is 24.3. The van der Waals surface area contributed by atoms with Gasteiger partial charge in [-0.3, -0.25) is 4.79 Å². The van der Waals surface area contributed by atoms with Gasteiger partial charge in [-0.2, -0.15) is 0 Å². The predicted molar refractivity (Wildman–Crippen MR) is 165 cm³/mol. The van der Waals surface area contributed by atoms with E-state index in [9.17, 15) is 9.59 Å². The highest BCUT2D eigenvalue weighted by atomic mass is 16.6. The van der Waals surface area contributed by atoms with E-state index in [1.807, 2.05) is 107 Å². The maximum atomic E-state index is 13.1. The van der Waals surface area contributed by atoms with Gasteiger partial charge in [0.2, 0.25) is 0 Å². The van der Waals surface area contributed by atoms with Crippen LogP contribution in [0.3, 0.4) is 0 Å². The standard InChI is InChI=1S/C36H38N2O3/c1-25(27-13-6-5-7-14-27)37-34(39)30-19-20-33-29(23-30)16-11-21-38(33)24-26-12-10-15-28(22-26)31-17-8-9-18-32(31)35(40)41-36(2,3)4/h5-10,12-15,17-20,22-23,25H,11,16,21,24H2,1-4H3,(H,37,39). The molecule has 5 heteroatoms. The molecule has 1 amide bonds.